The van der Waals surface area contributed by atoms with Gasteiger partial charge in [-0.25, -0.2) is 4.98 Å². The Hall–Kier alpha value is -2.55. The quantitative estimate of drug-likeness (QED) is 0.705. The maximum Gasteiger partial charge on any atom is 0.118 e. The Bertz CT molecular complexity index is 813. The number of ether oxygens (including phenoxy) is 1. The molecule has 0 bridgehead atoms. The second kappa shape index (κ2) is 4.23. The van der Waals surface area contributed by atoms with Gasteiger partial charge >= 0.3 is 0 Å². The Morgan fingerprint density at radius 2 is 1.85 bits per heavy atom. The predicted molar refractivity (Wildman–Crippen MR) is 80.6 cm³/mol. The standard InChI is InChI=1S/C17H14N2O/c1-20-14-8-6-12(7-9-14)13-10-17-18-15-4-2-3-5-16(15)19(17)11-13/h2-9,11H,10H2,1H3. The number of fused-ring (bicyclic) bond motifs is 3. The number of rotatable bonds is 2. The van der Waals surface area contributed by atoms with Gasteiger partial charge in [0.25, 0.3) is 0 Å². The molecule has 0 atom stereocenters. The molecule has 1 aliphatic heterocycles. The van der Waals surface area contributed by atoms with E-state index in [1.165, 1.54) is 16.7 Å². The summed E-state index contributed by atoms with van der Waals surface area (Å²) in [5.74, 6) is 1.99. The number of aromatic nitrogens is 2. The third kappa shape index (κ3) is 1.63. The zero-order valence-electron chi connectivity index (χ0n) is 11.2. The summed E-state index contributed by atoms with van der Waals surface area (Å²) in [7, 11) is 1.69. The summed E-state index contributed by atoms with van der Waals surface area (Å²) in [6.45, 7) is 0. The SMILES string of the molecule is COc1ccc(C2=Cn3c(nc4ccccc43)C2)cc1. The molecule has 3 aromatic rings. The predicted octanol–water partition coefficient (Wildman–Crippen LogP) is 3.60. The molecule has 0 radical (unpaired) electrons. The van der Waals surface area contributed by atoms with Crippen LogP contribution in [0.15, 0.2) is 48.5 Å². The first-order valence-corrected chi connectivity index (χ1v) is 6.66. The van der Waals surface area contributed by atoms with Crippen molar-refractivity contribution in [3.63, 3.8) is 0 Å². The molecule has 2 aromatic carbocycles. The van der Waals surface area contributed by atoms with Crippen molar-refractivity contribution in [3.8, 4) is 5.75 Å². The number of hydrogen-bond acceptors (Lipinski definition) is 2. The van der Waals surface area contributed by atoms with Gasteiger partial charge in [-0.05, 0) is 35.4 Å². The van der Waals surface area contributed by atoms with Crippen molar-refractivity contribution < 1.29 is 4.74 Å². The zero-order valence-corrected chi connectivity index (χ0v) is 11.2. The number of para-hydroxylation sites is 2. The maximum atomic E-state index is 5.20. The first kappa shape index (κ1) is 11.3. The van der Waals surface area contributed by atoms with E-state index in [1.54, 1.807) is 7.11 Å². The van der Waals surface area contributed by atoms with Crippen LogP contribution < -0.4 is 4.74 Å². The van der Waals surface area contributed by atoms with Crippen molar-refractivity contribution in [2.75, 3.05) is 7.11 Å². The highest BCUT2D eigenvalue weighted by Crippen LogP contribution is 2.30. The largest absolute Gasteiger partial charge is 0.497 e. The van der Waals surface area contributed by atoms with Crippen molar-refractivity contribution in [2.24, 2.45) is 0 Å². The number of methoxy groups -OCH3 is 1. The molecule has 20 heavy (non-hydrogen) atoms. The maximum absolute atomic E-state index is 5.20. The lowest BCUT2D eigenvalue weighted by Gasteiger charge is -2.03. The van der Waals surface area contributed by atoms with Crippen molar-refractivity contribution in [1.29, 1.82) is 0 Å². The molecule has 0 N–H and O–H groups in total. The van der Waals surface area contributed by atoms with Crippen LogP contribution in [0, 0.1) is 0 Å². The van der Waals surface area contributed by atoms with E-state index in [9.17, 15) is 0 Å². The molecular formula is C17H14N2O. The van der Waals surface area contributed by atoms with Crippen molar-refractivity contribution in [3.05, 3.63) is 59.9 Å². The zero-order chi connectivity index (χ0) is 13.5. The lowest BCUT2D eigenvalue weighted by Crippen LogP contribution is -1.88. The minimum atomic E-state index is 0.876. The van der Waals surface area contributed by atoms with E-state index in [1.807, 2.05) is 18.2 Å². The Labute approximate surface area is 117 Å². The number of allylic oxidation sites excluding steroid dienone is 1. The van der Waals surface area contributed by atoms with E-state index >= 15 is 0 Å². The molecule has 98 valence electrons. The number of hydrogen-bond donors (Lipinski definition) is 0. The fourth-order valence-electron chi connectivity index (χ4n) is 2.72. The van der Waals surface area contributed by atoms with Crippen LogP contribution in [0.4, 0.5) is 0 Å². The first-order valence-electron chi connectivity index (χ1n) is 6.66. The highest BCUT2D eigenvalue weighted by atomic mass is 16.5. The molecule has 0 amide bonds. The lowest BCUT2D eigenvalue weighted by atomic mass is 10.1. The molecular weight excluding hydrogens is 248 g/mol. The Balaban J connectivity index is 1.77. The van der Waals surface area contributed by atoms with Crippen LogP contribution in [0.3, 0.4) is 0 Å². The van der Waals surface area contributed by atoms with Crippen LogP contribution in [0.25, 0.3) is 22.8 Å². The minimum absolute atomic E-state index is 0.876. The number of imidazole rings is 1. The fourth-order valence-corrected chi connectivity index (χ4v) is 2.72. The molecule has 0 saturated heterocycles. The summed E-state index contributed by atoms with van der Waals surface area (Å²) in [6, 6.07) is 16.4. The molecule has 4 rings (SSSR count). The minimum Gasteiger partial charge on any atom is -0.497 e. The molecule has 0 spiro atoms. The Kier molecular flexibility index (Phi) is 2.39. The van der Waals surface area contributed by atoms with Crippen LogP contribution in [0.1, 0.15) is 11.4 Å². The van der Waals surface area contributed by atoms with Gasteiger partial charge in [0.05, 0.1) is 18.1 Å². The van der Waals surface area contributed by atoms with Crippen LogP contribution >= 0.6 is 0 Å². The topological polar surface area (TPSA) is 27.1 Å². The summed E-state index contributed by atoms with van der Waals surface area (Å²) in [6.07, 6.45) is 3.06. The van der Waals surface area contributed by atoms with Gasteiger partial charge in [0.2, 0.25) is 0 Å². The Morgan fingerprint density at radius 1 is 1.05 bits per heavy atom. The second-order valence-electron chi connectivity index (χ2n) is 4.95. The summed E-state index contributed by atoms with van der Waals surface area (Å²) in [5.41, 5.74) is 4.75. The van der Waals surface area contributed by atoms with Crippen LogP contribution in [0.2, 0.25) is 0 Å². The van der Waals surface area contributed by atoms with Crippen molar-refractivity contribution >= 4 is 22.8 Å². The molecule has 0 unspecified atom stereocenters. The number of nitrogens with zero attached hydrogens (tertiary/aromatic N) is 2. The molecule has 0 fully saturated rings. The highest BCUT2D eigenvalue weighted by molar-refractivity contribution is 5.87. The highest BCUT2D eigenvalue weighted by Gasteiger charge is 2.18. The lowest BCUT2D eigenvalue weighted by molar-refractivity contribution is 0.415. The van der Waals surface area contributed by atoms with Crippen molar-refractivity contribution in [1.82, 2.24) is 9.55 Å². The van der Waals surface area contributed by atoms with Gasteiger partial charge in [0.15, 0.2) is 0 Å². The van der Waals surface area contributed by atoms with Gasteiger partial charge in [-0.1, -0.05) is 24.3 Å². The summed E-state index contributed by atoms with van der Waals surface area (Å²) >= 11 is 0. The molecule has 2 heterocycles. The fraction of sp³-hybridized carbons (Fsp3) is 0.118. The molecule has 0 saturated carbocycles. The molecule has 3 heteroatoms. The van der Waals surface area contributed by atoms with Gasteiger partial charge < -0.3 is 9.30 Å². The average Bonchev–Trinajstić information content (AvgIpc) is 3.05. The third-order valence-electron chi connectivity index (χ3n) is 3.76. The van der Waals surface area contributed by atoms with Crippen LogP contribution in [0.5, 0.6) is 5.75 Å². The summed E-state index contributed by atoms with van der Waals surface area (Å²) in [4.78, 5) is 4.69. The van der Waals surface area contributed by atoms with Crippen molar-refractivity contribution in [2.45, 2.75) is 6.42 Å². The van der Waals surface area contributed by atoms with Gasteiger partial charge in [0, 0.05) is 12.6 Å². The van der Waals surface area contributed by atoms with E-state index in [-0.39, 0.29) is 0 Å². The molecule has 0 aliphatic carbocycles. The van der Waals surface area contributed by atoms with Crippen LogP contribution in [-0.2, 0) is 6.42 Å². The monoisotopic (exact) mass is 262 g/mol. The van der Waals surface area contributed by atoms with Gasteiger partial charge in [-0.2, -0.15) is 0 Å². The molecule has 3 nitrogen and oxygen atoms in total. The van der Waals surface area contributed by atoms with E-state index in [2.05, 4.69) is 46.1 Å². The third-order valence-corrected chi connectivity index (χ3v) is 3.76. The van der Waals surface area contributed by atoms with Gasteiger partial charge in [0.1, 0.15) is 11.6 Å². The van der Waals surface area contributed by atoms with E-state index in [0.717, 1.165) is 23.5 Å². The Morgan fingerprint density at radius 3 is 2.65 bits per heavy atom. The van der Waals surface area contributed by atoms with Crippen LogP contribution in [-0.4, -0.2) is 16.7 Å². The van der Waals surface area contributed by atoms with E-state index in [4.69, 9.17) is 4.74 Å². The number of benzene rings is 2. The smallest absolute Gasteiger partial charge is 0.118 e. The molecule has 1 aromatic heterocycles. The normalized spacial score (nSPS) is 13.3. The van der Waals surface area contributed by atoms with E-state index < -0.39 is 0 Å². The molecule has 1 aliphatic rings. The summed E-state index contributed by atoms with van der Waals surface area (Å²) < 4.78 is 7.39. The second-order valence-corrected chi connectivity index (χ2v) is 4.95. The first-order chi connectivity index (χ1) is 9.85. The van der Waals surface area contributed by atoms with Gasteiger partial charge in [-0.15, -0.1) is 0 Å². The van der Waals surface area contributed by atoms with E-state index in [0.29, 0.717) is 0 Å². The average molecular weight is 262 g/mol. The van der Waals surface area contributed by atoms with Gasteiger partial charge in [-0.3, -0.25) is 0 Å². The summed E-state index contributed by atoms with van der Waals surface area (Å²) in [5, 5.41) is 0.